The summed E-state index contributed by atoms with van der Waals surface area (Å²) in [5, 5.41) is 12.5. The summed E-state index contributed by atoms with van der Waals surface area (Å²) in [7, 11) is 0. The zero-order valence-electron chi connectivity index (χ0n) is 13.6. The maximum absolute atomic E-state index is 12.2. The van der Waals surface area contributed by atoms with Gasteiger partial charge in [-0.05, 0) is 75.7 Å². The van der Waals surface area contributed by atoms with Crippen molar-refractivity contribution in [3.05, 3.63) is 62.4 Å². The van der Waals surface area contributed by atoms with Crippen LogP contribution in [0.4, 0.5) is 5.69 Å². The molecule has 6 nitrogen and oxygen atoms in total. The van der Waals surface area contributed by atoms with Gasteiger partial charge >= 0.3 is 5.97 Å². The van der Waals surface area contributed by atoms with Gasteiger partial charge in [0.2, 0.25) is 0 Å². The van der Waals surface area contributed by atoms with Gasteiger partial charge in [-0.25, -0.2) is 9.79 Å². The molecule has 0 radical (unpaired) electrons. The first-order valence-electron chi connectivity index (χ1n) is 7.60. The molecule has 0 aromatic heterocycles. The summed E-state index contributed by atoms with van der Waals surface area (Å²) < 4.78 is 5.75. The van der Waals surface area contributed by atoms with E-state index in [1.54, 1.807) is 48.5 Å². The van der Waals surface area contributed by atoms with Crippen molar-refractivity contribution in [3.63, 3.8) is 0 Å². The first-order chi connectivity index (χ1) is 12.9. The van der Waals surface area contributed by atoms with Crippen molar-refractivity contribution in [1.29, 1.82) is 0 Å². The van der Waals surface area contributed by atoms with Crippen molar-refractivity contribution in [3.8, 4) is 5.75 Å². The van der Waals surface area contributed by atoms with Crippen LogP contribution < -0.4 is 10.1 Å². The van der Waals surface area contributed by atoms with Gasteiger partial charge in [0.05, 0.1) is 15.1 Å². The number of nitrogens with zero attached hydrogens (tertiary/aromatic N) is 1. The molecule has 138 valence electrons. The summed E-state index contributed by atoms with van der Waals surface area (Å²) in [5.41, 5.74) is 1.45. The number of hydrogen-bond acceptors (Lipinski definition) is 5. The first-order valence-corrected chi connectivity index (χ1v) is 9.59. The minimum Gasteiger partial charge on any atom is -0.481 e. The molecule has 1 saturated heterocycles. The van der Waals surface area contributed by atoms with Gasteiger partial charge in [-0.2, -0.15) is 0 Å². The summed E-state index contributed by atoms with van der Waals surface area (Å²) in [5.74, 6) is -0.886. The van der Waals surface area contributed by atoms with E-state index >= 15 is 0 Å². The monoisotopic (exact) mass is 466 g/mol. The number of carbonyl (C=O) groups is 2. The third-order valence-electron chi connectivity index (χ3n) is 3.31. The number of ether oxygens (including phenoxy) is 1. The van der Waals surface area contributed by atoms with Crippen molar-refractivity contribution in [2.45, 2.75) is 0 Å². The molecular formula is C18H12BrClN2O4S. The molecule has 1 aliphatic heterocycles. The molecule has 2 aromatic carbocycles. The molecule has 27 heavy (non-hydrogen) atoms. The molecule has 1 amide bonds. The van der Waals surface area contributed by atoms with Crippen LogP contribution >= 0.6 is 39.3 Å². The second-order valence-corrected chi connectivity index (χ2v) is 7.65. The Morgan fingerprint density at radius 3 is 2.70 bits per heavy atom. The average molecular weight is 468 g/mol. The highest BCUT2D eigenvalue weighted by Gasteiger charge is 2.23. The maximum Gasteiger partial charge on any atom is 0.341 e. The van der Waals surface area contributed by atoms with E-state index in [-0.39, 0.29) is 5.91 Å². The van der Waals surface area contributed by atoms with E-state index in [0.717, 1.165) is 5.56 Å². The molecule has 0 spiro atoms. The van der Waals surface area contributed by atoms with Gasteiger partial charge in [0, 0.05) is 5.02 Å². The molecule has 0 unspecified atom stereocenters. The van der Waals surface area contributed by atoms with Gasteiger partial charge in [-0.15, -0.1) is 0 Å². The number of halogens is 2. The van der Waals surface area contributed by atoms with Crippen LogP contribution in [0.2, 0.25) is 5.02 Å². The van der Waals surface area contributed by atoms with Crippen LogP contribution in [-0.4, -0.2) is 28.8 Å². The maximum atomic E-state index is 12.2. The Hall–Kier alpha value is -2.29. The van der Waals surface area contributed by atoms with E-state index in [9.17, 15) is 9.59 Å². The zero-order chi connectivity index (χ0) is 19.4. The summed E-state index contributed by atoms with van der Waals surface area (Å²) in [6.45, 7) is -0.429. The fraction of sp³-hybridized carbons (Fsp3) is 0.0556. The largest absolute Gasteiger partial charge is 0.481 e. The van der Waals surface area contributed by atoms with E-state index < -0.39 is 12.6 Å². The number of rotatable bonds is 5. The number of nitrogens with one attached hydrogen (secondary N) is 1. The van der Waals surface area contributed by atoms with E-state index in [1.807, 2.05) is 0 Å². The normalized spacial score (nSPS) is 16.6. The predicted molar refractivity (Wildman–Crippen MR) is 110 cm³/mol. The Balaban J connectivity index is 1.75. The Labute approximate surface area is 172 Å². The van der Waals surface area contributed by atoms with Crippen LogP contribution in [0.25, 0.3) is 6.08 Å². The van der Waals surface area contributed by atoms with Crippen molar-refractivity contribution in [2.24, 2.45) is 4.99 Å². The smallest absolute Gasteiger partial charge is 0.341 e. The zero-order valence-corrected chi connectivity index (χ0v) is 16.8. The van der Waals surface area contributed by atoms with Crippen LogP contribution in [0, 0.1) is 0 Å². The predicted octanol–water partition coefficient (Wildman–Crippen LogP) is 4.46. The summed E-state index contributed by atoms with van der Waals surface area (Å²) in [6.07, 6.45) is 1.72. The molecule has 1 heterocycles. The van der Waals surface area contributed by atoms with E-state index in [4.69, 9.17) is 21.4 Å². The van der Waals surface area contributed by atoms with Gasteiger partial charge in [0.15, 0.2) is 11.8 Å². The van der Waals surface area contributed by atoms with Gasteiger partial charge in [0.1, 0.15) is 5.75 Å². The number of carboxylic acids is 1. The van der Waals surface area contributed by atoms with Crippen molar-refractivity contribution >= 4 is 68.1 Å². The molecular weight excluding hydrogens is 456 g/mol. The third-order valence-corrected chi connectivity index (χ3v) is 5.09. The topological polar surface area (TPSA) is 88.0 Å². The number of carboxylic acid groups (broad SMARTS) is 1. The number of thioether (sulfide) groups is 1. The molecule has 1 aliphatic rings. The molecule has 2 N–H and O–H groups in total. The van der Waals surface area contributed by atoms with E-state index in [0.29, 0.717) is 31.0 Å². The summed E-state index contributed by atoms with van der Waals surface area (Å²) >= 11 is 10.4. The number of benzene rings is 2. The quantitative estimate of drug-likeness (QED) is 0.634. The summed E-state index contributed by atoms with van der Waals surface area (Å²) in [6, 6.07) is 12.1. The number of amidine groups is 1. The molecule has 0 atom stereocenters. The highest BCUT2D eigenvalue weighted by molar-refractivity contribution is 9.10. The number of aliphatic imine (C=N–C) groups is 1. The third kappa shape index (κ3) is 5.35. The highest BCUT2D eigenvalue weighted by atomic mass is 79.9. The minimum absolute atomic E-state index is 0.241. The van der Waals surface area contributed by atoms with Crippen LogP contribution in [0.3, 0.4) is 0 Å². The number of aliphatic carboxylic acids is 1. The molecule has 1 fully saturated rings. The van der Waals surface area contributed by atoms with Gasteiger partial charge in [-0.1, -0.05) is 17.7 Å². The van der Waals surface area contributed by atoms with Crippen LogP contribution in [0.5, 0.6) is 5.75 Å². The molecule has 9 heteroatoms. The van der Waals surface area contributed by atoms with Gasteiger partial charge in [-0.3, -0.25) is 4.79 Å². The van der Waals surface area contributed by atoms with Crippen molar-refractivity contribution < 1.29 is 19.4 Å². The fourth-order valence-corrected chi connectivity index (χ4v) is 3.61. The first kappa shape index (κ1) is 19.5. The lowest BCUT2D eigenvalue weighted by Gasteiger charge is -2.06. The SMILES string of the molecule is O=C(O)COc1ccc(/C=C2\SC(=Nc3ccc(Cl)cc3)NC2=O)cc1Br. The lowest BCUT2D eigenvalue weighted by Crippen LogP contribution is -2.19. The molecule has 3 rings (SSSR count). The highest BCUT2D eigenvalue weighted by Crippen LogP contribution is 2.31. The lowest BCUT2D eigenvalue weighted by molar-refractivity contribution is -0.139. The number of hydrogen-bond donors (Lipinski definition) is 2. The second-order valence-electron chi connectivity index (χ2n) is 5.33. The number of carbonyl (C=O) groups excluding carboxylic acids is 1. The Bertz CT molecular complexity index is 960. The van der Waals surface area contributed by atoms with E-state index in [2.05, 4.69) is 26.2 Å². The fourth-order valence-electron chi connectivity index (χ4n) is 2.13. The second kappa shape index (κ2) is 8.60. The lowest BCUT2D eigenvalue weighted by atomic mass is 10.2. The molecule has 2 aromatic rings. The van der Waals surface area contributed by atoms with Gasteiger partial charge in [0.25, 0.3) is 5.91 Å². The average Bonchev–Trinajstić information content (AvgIpc) is 2.95. The summed E-state index contributed by atoms with van der Waals surface area (Å²) in [4.78, 5) is 27.6. The molecule has 0 bridgehead atoms. The standard InChI is InChI=1S/C18H12BrClN2O4S/c19-13-7-10(1-6-14(13)26-9-16(23)24)8-15-17(25)22-18(27-15)21-12-4-2-11(20)3-5-12/h1-8H,9H2,(H,23,24)(H,21,22,25)/b15-8-. The van der Waals surface area contributed by atoms with Gasteiger partial charge < -0.3 is 15.2 Å². The van der Waals surface area contributed by atoms with Crippen LogP contribution in [0.1, 0.15) is 5.56 Å². The Morgan fingerprint density at radius 2 is 2.04 bits per heavy atom. The van der Waals surface area contributed by atoms with Crippen molar-refractivity contribution in [1.82, 2.24) is 5.32 Å². The Kier molecular flexibility index (Phi) is 6.20. The Morgan fingerprint density at radius 1 is 1.30 bits per heavy atom. The van der Waals surface area contributed by atoms with Crippen molar-refractivity contribution in [2.75, 3.05) is 6.61 Å². The van der Waals surface area contributed by atoms with Crippen LogP contribution in [-0.2, 0) is 9.59 Å². The van der Waals surface area contributed by atoms with Crippen LogP contribution in [0.15, 0.2) is 56.8 Å². The van der Waals surface area contributed by atoms with E-state index in [1.165, 1.54) is 11.8 Å². The number of amides is 1. The molecule has 0 saturated carbocycles. The molecule has 0 aliphatic carbocycles. The minimum atomic E-state index is -1.06.